The normalized spacial score (nSPS) is 11.1. The van der Waals surface area contributed by atoms with Crippen LogP contribution in [0.25, 0.3) is 0 Å². The van der Waals surface area contributed by atoms with Crippen molar-refractivity contribution >= 4 is 5.82 Å². The molecule has 0 aliphatic carbocycles. The van der Waals surface area contributed by atoms with Gasteiger partial charge < -0.3 is 10.2 Å². The summed E-state index contributed by atoms with van der Waals surface area (Å²) in [5.41, 5.74) is 1.08. The number of hydrogen-bond acceptors (Lipinski definition) is 4. The van der Waals surface area contributed by atoms with Crippen LogP contribution in [0.5, 0.6) is 0 Å². The maximum absolute atomic E-state index is 4.24. The second-order valence-electron chi connectivity index (χ2n) is 4.31. The quantitative estimate of drug-likeness (QED) is 0.799. The van der Waals surface area contributed by atoms with Gasteiger partial charge >= 0.3 is 0 Å². The average molecular weight is 222 g/mol. The molecule has 90 valence electrons. The zero-order valence-electron chi connectivity index (χ0n) is 10.7. The van der Waals surface area contributed by atoms with Crippen LogP contribution in [0.3, 0.4) is 0 Å². The molecule has 0 aliphatic heterocycles. The van der Waals surface area contributed by atoms with Gasteiger partial charge in [0.25, 0.3) is 0 Å². The number of anilines is 1. The SMILES string of the molecule is CCN(C)CCNc1cc(C(C)C)ncn1. The lowest BCUT2D eigenvalue weighted by Gasteiger charge is -2.14. The van der Waals surface area contributed by atoms with Gasteiger partial charge in [0.05, 0.1) is 0 Å². The Morgan fingerprint density at radius 2 is 2.12 bits per heavy atom. The molecule has 0 bridgehead atoms. The van der Waals surface area contributed by atoms with Crippen molar-refractivity contribution in [3.05, 3.63) is 18.1 Å². The fourth-order valence-electron chi connectivity index (χ4n) is 1.32. The monoisotopic (exact) mass is 222 g/mol. The summed E-state index contributed by atoms with van der Waals surface area (Å²) < 4.78 is 0. The zero-order valence-corrected chi connectivity index (χ0v) is 10.7. The van der Waals surface area contributed by atoms with Crippen molar-refractivity contribution in [2.45, 2.75) is 26.7 Å². The molecule has 1 N–H and O–H groups in total. The molecule has 16 heavy (non-hydrogen) atoms. The van der Waals surface area contributed by atoms with E-state index in [4.69, 9.17) is 0 Å². The van der Waals surface area contributed by atoms with E-state index in [1.165, 1.54) is 0 Å². The molecule has 0 aliphatic rings. The molecular formula is C12H22N4. The lowest BCUT2D eigenvalue weighted by atomic mass is 10.1. The minimum absolute atomic E-state index is 0.446. The lowest BCUT2D eigenvalue weighted by molar-refractivity contribution is 0.367. The van der Waals surface area contributed by atoms with Crippen LogP contribution in [0, 0.1) is 0 Å². The Morgan fingerprint density at radius 1 is 1.38 bits per heavy atom. The summed E-state index contributed by atoms with van der Waals surface area (Å²) in [4.78, 5) is 10.7. The van der Waals surface area contributed by atoms with E-state index >= 15 is 0 Å². The second-order valence-corrected chi connectivity index (χ2v) is 4.31. The highest BCUT2D eigenvalue weighted by Gasteiger charge is 2.02. The van der Waals surface area contributed by atoms with Gasteiger partial charge in [-0.05, 0) is 19.5 Å². The van der Waals surface area contributed by atoms with E-state index in [1.807, 2.05) is 6.07 Å². The molecule has 0 amide bonds. The average Bonchev–Trinajstić information content (AvgIpc) is 2.29. The Bertz CT molecular complexity index is 312. The van der Waals surface area contributed by atoms with Crippen molar-refractivity contribution in [2.75, 3.05) is 32.0 Å². The van der Waals surface area contributed by atoms with Gasteiger partial charge in [0.2, 0.25) is 0 Å². The van der Waals surface area contributed by atoms with Crippen LogP contribution in [0.15, 0.2) is 12.4 Å². The Hall–Kier alpha value is -1.16. The second kappa shape index (κ2) is 6.43. The van der Waals surface area contributed by atoms with Crippen molar-refractivity contribution in [3.8, 4) is 0 Å². The third kappa shape index (κ3) is 4.14. The molecule has 4 nitrogen and oxygen atoms in total. The van der Waals surface area contributed by atoms with E-state index in [0.29, 0.717) is 5.92 Å². The van der Waals surface area contributed by atoms with Crippen molar-refractivity contribution in [1.29, 1.82) is 0 Å². The first-order valence-corrected chi connectivity index (χ1v) is 5.87. The smallest absolute Gasteiger partial charge is 0.129 e. The van der Waals surface area contributed by atoms with E-state index in [0.717, 1.165) is 31.1 Å². The number of aromatic nitrogens is 2. The van der Waals surface area contributed by atoms with Crippen LogP contribution in [0.1, 0.15) is 32.4 Å². The van der Waals surface area contributed by atoms with Gasteiger partial charge in [-0.25, -0.2) is 9.97 Å². The number of likely N-dealkylation sites (N-methyl/N-ethyl adjacent to an activating group) is 1. The standard InChI is InChI=1S/C12H22N4/c1-5-16(4)7-6-13-12-8-11(10(2)3)14-9-15-12/h8-10H,5-7H2,1-4H3,(H,13,14,15). The van der Waals surface area contributed by atoms with Crippen LogP contribution in [-0.2, 0) is 0 Å². The van der Waals surface area contributed by atoms with Crippen LogP contribution in [-0.4, -0.2) is 41.5 Å². The zero-order chi connectivity index (χ0) is 12.0. The maximum atomic E-state index is 4.24. The Labute approximate surface area is 98.1 Å². The summed E-state index contributed by atoms with van der Waals surface area (Å²) in [5.74, 6) is 1.37. The summed E-state index contributed by atoms with van der Waals surface area (Å²) in [5, 5.41) is 3.31. The van der Waals surface area contributed by atoms with E-state index < -0.39 is 0 Å². The lowest BCUT2D eigenvalue weighted by Crippen LogP contribution is -2.25. The first-order valence-electron chi connectivity index (χ1n) is 5.87. The molecule has 0 aromatic carbocycles. The first-order chi connectivity index (χ1) is 7.63. The molecule has 0 saturated heterocycles. The molecule has 0 atom stereocenters. The molecule has 1 heterocycles. The third-order valence-corrected chi connectivity index (χ3v) is 2.62. The topological polar surface area (TPSA) is 41.0 Å². The van der Waals surface area contributed by atoms with Crippen LogP contribution in [0.2, 0.25) is 0 Å². The molecule has 0 saturated carbocycles. The Morgan fingerprint density at radius 3 is 2.75 bits per heavy atom. The highest BCUT2D eigenvalue weighted by Crippen LogP contribution is 2.13. The minimum atomic E-state index is 0.446. The number of nitrogens with zero attached hydrogens (tertiary/aromatic N) is 3. The number of rotatable bonds is 6. The van der Waals surface area contributed by atoms with Gasteiger partial charge in [-0.1, -0.05) is 20.8 Å². The fraction of sp³-hybridized carbons (Fsp3) is 0.667. The van der Waals surface area contributed by atoms with Crippen molar-refractivity contribution in [3.63, 3.8) is 0 Å². The Kier molecular flexibility index (Phi) is 5.19. The van der Waals surface area contributed by atoms with E-state index in [-0.39, 0.29) is 0 Å². The van der Waals surface area contributed by atoms with Gasteiger partial charge in [-0.15, -0.1) is 0 Å². The largest absolute Gasteiger partial charge is 0.369 e. The summed E-state index contributed by atoms with van der Waals surface area (Å²) >= 11 is 0. The molecule has 1 aromatic heterocycles. The van der Waals surface area contributed by atoms with Crippen molar-refractivity contribution in [1.82, 2.24) is 14.9 Å². The summed E-state index contributed by atoms with van der Waals surface area (Å²) in [6.07, 6.45) is 1.63. The van der Waals surface area contributed by atoms with Crippen molar-refractivity contribution in [2.24, 2.45) is 0 Å². The molecule has 0 fully saturated rings. The van der Waals surface area contributed by atoms with Crippen molar-refractivity contribution < 1.29 is 0 Å². The van der Waals surface area contributed by atoms with Crippen LogP contribution < -0.4 is 5.32 Å². The van der Waals surface area contributed by atoms with Crippen LogP contribution in [0.4, 0.5) is 5.82 Å². The third-order valence-electron chi connectivity index (χ3n) is 2.62. The minimum Gasteiger partial charge on any atom is -0.369 e. The number of nitrogens with one attached hydrogen (secondary N) is 1. The molecule has 0 spiro atoms. The van der Waals surface area contributed by atoms with E-state index in [1.54, 1.807) is 6.33 Å². The van der Waals surface area contributed by atoms with Gasteiger partial charge in [-0.3, -0.25) is 0 Å². The molecule has 0 radical (unpaired) electrons. The summed E-state index contributed by atoms with van der Waals surface area (Å²) in [7, 11) is 2.11. The summed E-state index contributed by atoms with van der Waals surface area (Å²) in [6, 6.07) is 2.02. The fourth-order valence-corrected chi connectivity index (χ4v) is 1.32. The van der Waals surface area contributed by atoms with Gasteiger partial charge in [-0.2, -0.15) is 0 Å². The first kappa shape index (κ1) is 12.9. The van der Waals surface area contributed by atoms with E-state index in [2.05, 4.69) is 48.0 Å². The Balaban J connectivity index is 2.45. The molecule has 0 unspecified atom stereocenters. The molecular weight excluding hydrogens is 200 g/mol. The highest BCUT2D eigenvalue weighted by molar-refractivity contribution is 5.35. The highest BCUT2D eigenvalue weighted by atomic mass is 15.1. The van der Waals surface area contributed by atoms with Gasteiger partial charge in [0.1, 0.15) is 12.1 Å². The molecule has 4 heteroatoms. The number of hydrogen-bond donors (Lipinski definition) is 1. The predicted octanol–water partition coefficient (Wildman–Crippen LogP) is 1.96. The summed E-state index contributed by atoms with van der Waals surface area (Å²) in [6.45, 7) is 9.44. The van der Waals surface area contributed by atoms with Gasteiger partial charge in [0.15, 0.2) is 0 Å². The van der Waals surface area contributed by atoms with E-state index in [9.17, 15) is 0 Å². The molecule has 1 rings (SSSR count). The van der Waals surface area contributed by atoms with Crippen LogP contribution >= 0.6 is 0 Å². The molecule has 1 aromatic rings. The predicted molar refractivity (Wildman–Crippen MR) is 67.8 cm³/mol. The maximum Gasteiger partial charge on any atom is 0.129 e. The van der Waals surface area contributed by atoms with Gasteiger partial charge in [0, 0.05) is 24.8 Å².